The van der Waals surface area contributed by atoms with E-state index < -0.39 is 0 Å². The van der Waals surface area contributed by atoms with Crippen molar-refractivity contribution >= 4 is 45.6 Å². The molecular weight excluding hydrogens is 402 g/mol. The standard InChI is InChI=1S/C15H18BrN3O2S.ClH/c1-19(8-9-21-12-4-2-11(16)3-5-12)15(20)13-10-22-14(18-13)6-7-17;/h2-5,10H,6-9,17H2,1H3;1H. The van der Waals surface area contributed by atoms with Crippen molar-refractivity contribution in [3.63, 3.8) is 0 Å². The summed E-state index contributed by atoms with van der Waals surface area (Å²) in [7, 11) is 1.75. The van der Waals surface area contributed by atoms with E-state index in [0.717, 1.165) is 15.2 Å². The number of amides is 1. The molecule has 0 fully saturated rings. The maximum absolute atomic E-state index is 12.2. The SMILES string of the molecule is CN(CCOc1ccc(Br)cc1)C(=O)c1csc(CCN)n1.Cl. The first-order valence-corrected chi connectivity index (χ1v) is 8.55. The Hall–Kier alpha value is -1.15. The second kappa shape index (κ2) is 9.87. The molecule has 2 rings (SSSR count). The number of likely N-dealkylation sites (N-methyl/N-ethyl adjacent to an activating group) is 1. The van der Waals surface area contributed by atoms with Crippen LogP contribution < -0.4 is 10.5 Å². The Balaban J connectivity index is 0.00000264. The van der Waals surface area contributed by atoms with E-state index in [4.69, 9.17) is 10.5 Å². The Morgan fingerprint density at radius 2 is 2.09 bits per heavy atom. The minimum absolute atomic E-state index is 0. The fourth-order valence-corrected chi connectivity index (χ4v) is 2.83. The molecule has 0 aliphatic heterocycles. The van der Waals surface area contributed by atoms with Gasteiger partial charge in [0.25, 0.3) is 5.91 Å². The molecule has 0 saturated heterocycles. The van der Waals surface area contributed by atoms with E-state index in [9.17, 15) is 4.79 Å². The summed E-state index contributed by atoms with van der Waals surface area (Å²) in [6.45, 7) is 1.47. The normalized spacial score (nSPS) is 10.0. The van der Waals surface area contributed by atoms with Crippen molar-refractivity contribution in [1.82, 2.24) is 9.88 Å². The highest BCUT2D eigenvalue weighted by molar-refractivity contribution is 9.10. The van der Waals surface area contributed by atoms with E-state index >= 15 is 0 Å². The van der Waals surface area contributed by atoms with Crippen molar-refractivity contribution in [1.29, 1.82) is 0 Å². The molecule has 2 aromatic rings. The summed E-state index contributed by atoms with van der Waals surface area (Å²) in [5.41, 5.74) is 5.96. The van der Waals surface area contributed by atoms with E-state index in [1.165, 1.54) is 11.3 Å². The zero-order chi connectivity index (χ0) is 15.9. The number of carbonyl (C=O) groups excluding carboxylic acids is 1. The van der Waals surface area contributed by atoms with Crippen LogP contribution in [0.15, 0.2) is 34.1 Å². The third-order valence-electron chi connectivity index (χ3n) is 2.98. The van der Waals surface area contributed by atoms with Gasteiger partial charge in [-0.25, -0.2) is 4.98 Å². The molecular formula is C15H19BrClN3O2S. The van der Waals surface area contributed by atoms with Crippen molar-refractivity contribution < 1.29 is 9.53 Å². The van der Waals surface area contributed by atoms with Crippen LogP contribution in [-0.4, -0.2) is 42.5 Å². The first-order chi connectivity index (χ1) is 10.6. The molecule has 1 aromatic heterocycles. The molecule has 1 heterocycles. The predicted octanol–water partition coefficient (Wildman–Crippen LogP) is 2.98. The number of halogens is 2. The van der Waals surface area contributed by atoms with Gasteiger partial charge in [-0.15, -0.1) is 23.7 Å². The van der Waals surface area contributed by atoms with Crippen molar-refractivity contribution in [3.05, 3.63) is 44.8 Å². The van der Waals surface area contributed by atoms with Gasteiger partial charge in [0, 0.05) is 23.3 Å². The number of ether oxygens (including phenoxy) is 1. The molecule has 0 radical (unpaired) electrons. The van der Waals surface area contributed by atoms with Gasteiger partial charge < -0.3 is 15.4 Å². The topological polar surface area (TPSA) is 68.5 Å². The molecule has 0 atom stereocenters. The maximum atomic E-state index is 12.2. The summed E-state index contributed by atoms with van der Waals surface area (Å²) in [5, 5.41) is 2.67. The summed E-state index contributed by atoms with van der Waals surface area (Å²) in [5.74, 6) is 0.682. The molecule has 126 valence electrons. The Bertz CT molecular complexity index is 621. The highest BCUT2D eigenvalue weighted by Crippen LogP contribution is 2.16. The first-order valence-electron chi connectivity index (χ1n) is 6.88. The Labute approximate surface area is 154 Å². The van der Waals surface area contributed by atoms with Crippen LogP contribution >= 0.6 is 39.7 Å². The highest BCUT2D eigenvalue weighted by atomic mass is 79.9. The molecule has 1 aromatic carbocycles. The van der Waals surface area contributed by atoms with Gasteiger partial charge in [0.05, 0.1) is 11.6 Å². The molecule has 0 aliphatic carbocycles. The summed E-state index contributed by atoms with van der Waals surface area (Å²) in [4.78, 5) is 18.1. The molecule has 0 aliphatic rings. The Morgan fingerprint density at radius 1 is 1.39 bits per heavy atom. The van der Waals surface area contributed by atoms with E-state index in [1.807, 2.05) is 24.3 Å². The number of aromatic nitrogens is 1. The number of hydrogen-bond donors (Lipinski definition) is 1. The van der Waals surface area contributed by atoms with E-state index in [-0.39, 0.29) is 18.3 Å². The minimum atomic E-state index is -0.0982. The molecule has 0 saturated carbocycles. The number of thiazole rings is 1. The van der Waals surface area contributed by atoms with Crippen LogP contribution in [0.1, 0.15) is 15.5 Å². The van der Waals surface area contributed by atoms with E-state index in [0.29, 0.717) is 31.8 Å². The lowest BCUT2D eigenvalue weighted by Crippen LogP contribution is -2.31. The van der Waals surface area contributed by atoms with E-state index in [1.54, 1.807) is 17.3 Å². The molecule has 23 heavy (non-hydrogen) atoms. The molecule has 2 N–H and O–H groups in total. The van der Waals surface area contributed by atoms with Gasteiger partial charge in [-0.2, -0.15) is 0 Å². The van der Waals surface area contributed by atoms with Crippen molar-refractivity contribution in [2.45, 2.75) is 6.42 Å². The fraction of sp³-hybridized carbons (Fsp3) is 0.333. The third kappa shape index (κ3) is 6.10. The van der Waals surface area contributed by atoms with Crippen molar-refractivity contribution in [3.8, 4) is 5.75 Å². The van der Waals surface area contributed by atoms with Crippen LogP contribution in [0.3, 0.4) is 0 Å². The number of nitrogens with two attached hydrogens (primary N) is 1. The third-order valence-corrected chi connectivity index (χ3v) is 4.42. The molecule has 0 unspecified atom stereocenters. The van der Waals surface area contributed by atoms with Crippen LogP contribution in [0.25, 0.3) is 0 Å². The summed E-state index contributed by atoms with van der Waals surface area (Å²) in [6.07, 6.45) is 0.703. The number of rotatable bonds is 7. The number of nitrogens with zero attached hydrogens (tertiary/aromatic N) is 2. The average molecular weight is 421 g/mol. The van der Waals surface area contributed by atoms with Gasteiger partial charge in [-0.05, 0) is 30.8 Å². The second-order valence-corrected chi connectivity index (χ2v) is 6.55. The number of benzene rings is 1. The molecule has 0 bridgehead atoms. The van der Waals surface area contributed by atoms with Gasteiger partial charge >= 0.3 is 0 Å². The van der Waals surface area contributed by atoms with Gasteiger partial charge in [0.1, 0.15) is 18.1 Å². The van der Waals surface area contributed by atoms with Gasteiger partial charge in [-0.1, -0.05) is 15.9 Å². The smallest absolute Gasteiger partial charge is 0.273 e. The minimum Gasteiger partial charge on any atom is -0.492 e. The first kappa shape index (κ1) is 19.9. The lowest BCUT2D eigenvalue weighted by molar-refractivity contribution is 0.0768. The fourth-order valence-electron chi connectivity index (χ4n) is 1.78. The van der Waals surface area contributed by atoms with Crippen molar-refractivity contribution in [2.24, 2.45) is 5.73 Å². The quantitative estimate of drug-likeness (QED) is 0.747. The lowest BCUT2D eigenvalue weighted by atomic mass is 10.3. The molecule has 8 heteroatoms. The maximum Gasteiger partial charge on any atom is 0.273 e. The molecule has 1 amide bonds. The predicted molar refractivity (Wildman–Crippen MR) is 98.7 cm³/mol. The average Bonchev–Trinajstić information content (AvgIpc) is 2.97. The summed E-state index contributed by atoms with van der Waals surface area (Å²) >= 11 is 4.84. The highest BCUT2D eigenvalue weighted by Gasteiger charge is 2.15. The lowest BCUT2D eigenvalue weighted by Gasteiger charge is -2.16. The van der Waals surface area contributed by atoms with E-state index in [2.05, 4.69) is 20.9 Å². The largest absolute Gasteiger partial charge is 0.492 e. The van der Waals surface area contributed by atoms with Crippen LogP contribution in [0.5, 0.6) is 5.75 Å². The second-order valence-electron chi connectivity index (χ2n) is 4.69. The zero-order valence-corrected chi connectivity index (χ0v) is 15.9. The van der Waals surface area contributed by atoms with Crippen LogP contribution in [0.4, 0.5) is 0 Å². The monoisotopic (exact) mass is 419 g/mol. The van der Waals surface area contributed by atoms with Crippen LogP contribution in [-0.2, 0) is 6.42 Å². The van der Waals surface area contributed by atoms with Crippen molar-refractivity contribution in [2.75, 3.05) is 26.7 Å². The molecule has 0 spiro atoms. The summed E-state index contributed by atoms with van der Waals surface area (Å²) < 4.78 is 6.62. The van der Waals surface area contributed by atoms with Gasteiger partial charge in [0.15, 0.2) is 0 Å². The Kier molecular flexibility index (Phi) is 8.54. The summed E-state index contributed by atoms with van der Waals surface area (Å²) in [6, 6.07) is 7.59. The number of carbonyl (C=O) groups is 1. The Morgan fingerprint density at radius 3 is 2.74 bits per heavy atom. The number of hydrogen-bond acceptors (Lipinski definition) is 5. The van der Waals surface area contributed by atoms with Gasteiger partial charge in [-0.3, -0.25) is 4.79 Å². The van der Waals surface area contributed by atoms with Gasteiger partial charge in [0.2, 0.25) is 0 Å². The van der Waals surface area contributed by atoms with Crippen LogP contribution in [0, 0.1) is 0 Å². The van der Waals surface area contributed by atoms with Crippen LogP contribution in [0.2, 0.25) is 0 Å². The zero-order valence-electron chi connectivity index (χ0n) is 12.7. The molecule has 5 nitrogen and oxygen atoms in total.